The number of nitrogens with zero attached hydrogens (tertiary/aromatic N) is 8. The van der Waals surface area contributed by atoms with Crippen molar-refractivity contribution in [2.24, 2.45) is 0 Å². The molecule has 0 radical (unpaired) electrons. The molecule has 3 aromatic rings. The molecular formula is C62H84F2N12O14. The minimum Gasteiger partial charge on any atom is -0.494 e. The standard InChI is InChI=1S/C62H84F2N12O14/c1-45-10-12-46(13-11-45)6-3-9-54(79)66-17-16-48(63)32-53(68-56(81)38-71-19-20-72(39-59(84)85)22-24-74(42-89-44-78)26-25-73(23-21-71)41-88-43-77)61(87)69-55(80)34-57(82)75-29-27-70(28-30-75)18-5-31-90-50-15-14-47-7-4-8-51(52(47)33-50)60(86)67-37-58(83)76-40-62(2,64)35-49(76)36-65/h4,7-8,10-15,33,43-44,48-49,53H,3,5-6,9,16-32,34-35,37-42H2,1-2H3,(H,66,79)(H,67,86)(H,68,81)(H,84,85)(H,69,80,87)/t48?,49-,53+,62?/m1/s1. The molecule has 2 unspecified atom stereocenters. The summed E-state index contributed by atoms with van der Waals surface area (Å²) in [5.41, 5.74) is 0.797. The quantitative estimate of drug-likeness (QED) is 0.0341. The maximum absolute atomic E-state index is 15.9. The molecule has 26 nitrogen and oxygen atoms in total. The van der Waals surface area contributed by atoms with Crippen molar-refractivity contribution in [2.45, 2.75) is 89.1 Å². The molecule has 3 saturated heterocycles. The van der Waals surface area contributed by atoms with E-state index in [4.69, 9.17) is 14.2 Å². The minimum atomic E-state index is -1.75. The minimum absolute atomic E-state index is 0.0602. The highest BCUT2D eigenvalue weighted by molar-refractivity contribution is 6.08. The molecule has 3 aliphatic rings. The number of alkyl halides is 2. The normalized spacial score (nSPS) is 19.0. The van der Waals surface area contributed by atoms with Gasteiger partial charge in [0.25, 0.3) is 18.9 Å². The molecule has 490 valence electrons. The van der Waals surface area contributed by atoms with Crippen molar-refractivity contribution in [1.29, 1.82) is 5.26 Å². The Hall–Kier alpha value is -8.23. The molecule has 6 rings (SSSR count). The summed E-state index contributed by atoms with van der Waals surface area (Å²) < 4.78 is 46.6. The number of hydrogen-bond donors (Lipinski definition) is 5. The van der Waals surface area contributed by atoms with Gasteiger partial charge in [0.1, 0.15) is 49.6 Å². The topological polar surface area (TPSA) is 313 Å². The number of aliphatic carboxylic acids is 1. The van der Waals surface area contributed by atoms with Crippen molar-refractivity contribution in [2.75, 3.05) is 138 Å². The number of ether oxygens (including phenoxy) is 3. The van der Waals surface area contributed by atoms with Crippen LogP contribution in [0.3, 0.4) is 0 Å². The zero-order valence-corrected chi connectivity index (χ0v) is 51.3. The number of aryl methyl sites for hydroxylation is 2. The second-order valence-electron chi connectivity index (χ2n) is 23.1. The van der Waals surface area contributed by atoms with Crippen LogP contribution in [0.4, 0.5) is 8.78 Å². The van der Waals surface area contributed by atoms with Crippen molar-refractivity contribution >= 4 is 71.0 Å². The Morgan fingerprint density at radius 3 is 2.03 bits per heavy atom. The summed E-state index contributed by atoms with van der Waals surface area (Å²) in [4.78, 5) is 139. The maximum Gasteiger partial charge on any atom is 0.317 e. The van der Waals surface area contributed by atoms with Gasteiger partial charge in [-0.15, -0.1) is 0 Å². The van der Waals surface area contributed by atoms with E-state index in [1.54, 1.807) is 43.9 Å². The summed E-state index contributed by atoms with van der Waals surface area (Å²) in [7, 11) is 0. The fourth-order valence-corrected chi connectivity index (χ4v) is 10.9. The van der Waals surface area contributed by atoms with Crippen molar-refractivity contribution < 1.29 is 76.0 Å². The SMILES string of the molecule is Cc1ccc(CCCC(=O)NCCC(F)C[C@H](NC(=O)CN2CCN(COC=O)CCN(COC=O)CCN(CC(=O)O)CC2)C(=O)NC(=O)CC(=O)N2CCN(CCCOc3ccc4cccc(C(=O)NCC(=O)N5CC(C)(F)C[C@@H]5C#N)c4c3)CC2)cc1. The summed E-state index contributed by atoms with van der Waals surface area (Å²) in [6, 6.07) is 17.9. The molecule has 4 atom stereocenters. The van der Waals surface area contributed by atoms with E-state index in [0.29, 0.717) is 88.3 Å². The first-order valence-electron chi connectivity index (χ1n) is 30.3. The molecule has 3 fully saturated rings. The summed E-state index contributed by atoms with van der Waals surface area (Å²) in [6.07, 6.45) is -1.34. The smallest absolute Gasteiger partial charge is 0.317 e. The van der Waals surface area contributed by atoms with Crippen LogP contribution in [0.1, 0.15) is 73.4 Å². The number of rotatable bonds is 31. The first-order valence-corrected chi connectivity index (χ1v) is 30.3. The van der Waals surface area contributed by atoms with E-state index >= 15 is 4.39 Å². The van der Waals surface area contributed by atoms with Gasteiger partial charge in [-0.2, -0.15) is 5.26 Å². The zero-order chi connectivity index (χ0) is 65.0. The Kier molecular flexibility index (Phi) is 28.7. The largest absolute Gasteiger partial charge is 0.494 e. The molecule has 3 heterocycles. The van der Waals surface area contributed by atoms with Gasteiger partial charge in [0, 0.05) is 116 Å². The van der Waals surface area contributed by atoms with Crippen molar-refractivity contribution in [3.8, 4) is 11.8 Å². The maximum atomic E-state index is 15.9. The van der Waals surface area contributed by atoms with Gasteiger partial charge in [-0.25, -0.2) is 8.78 Å². The number of halogens is 2. The van der Waals surface area contributed by atoms with Crippen molar-refractivity contribution in [1.82, 2.24) is 55.6 Å². The number of carboxylic acid groups (broad SMARTS) is 1. The third kappa shape index (κ3) is 24.3. The lowest BCUT2D eigenvalue weighted by atomic mass is 10.0. The highest BCUT2D eigenvalue weighted by Crippen LogP contribution is 2.30. The fraction of sp³-hybridized carbons (Fsp3) is 0.565. The fourth-order valence-electron chi connectivity index (χ4n) is 10.9. The van der Waals surface area contributed by atoms with Gasteiger partial charge in [-0.3, -0.25) is 77.8 Å². The zero-order valence-electron chi connectivity index (χ0n) is 51.3. The van der Waals surface area contributed by atoms with Crippen LogP contribution in [-0.4, -0.2) is 261 Å². The van der Waals surface area contributed by atoms with Crippen LogP contribution in [0.5, 0.6) is 5.75 Å². The van der Waals surface area contributed by atoms with Gasteiger partial charge >= 0.3 is 5.97 Å². The Morgan fingerprint density at radius 2 is 1.40 bits per heavy atom. The number of amides is 7. The van der Waals surface area contributed by atoms with E-state index < -0.39 is 84.7 Å². The summed E-state index contributed by atoms with van der Waals surface area (Å²) >= 11 is 0. The van der Waals surface area contributed by atoms with Gasteiger partial charge in [0.2, 0.25) is 35.4 Å². The van der Waals surface area contributed by atoms with Crippen LogP contribution in [0, 0.1) is 18.3 Å². The first-order chi connectivity index (χ1) is 43.2. The van der Waals surface area contributed by atoms with Gasteiger partial charge in [0.05, 0.1) is 38.9 Å². The Morgan fingerprint density at radius 1 is 0.767 bits per heavy atom. The number of likely N-dealkylation sites (tertiary alicyclic amines) is 1. The van der Waals surface area contributed by atoms with E-state index in [0.717, 1.165) is 21.4 Å². The average Bonchev–Trinajstić information content (AvgIpc) is 1.58. The van der Waals surface area contributed by atoms with Crippen LogP contribution in [0.2, 0.25) is 0 Å². The molecule has 0 aromatic heterocycles. The molecule has 0 spiro atoms. The van der Waals surface area contributed by atoms with E-state index in [1.165, 1.54) is 11.8 Å². The van der Waals surface area contributed by atoms with Gasteiger partial charge in [0.15, 0.2) is 0 Å². The highest BCUT2D eigenvalue weighted by atomic mass is 19.1. The van der Waals surface area contributed by atoms with Crippen LogP contribution >= 0.6 is 0 Å². The predicted molar refractivity (Wildman–Crippen MR) is 323 cm³/mol. The highest BCUT2D eigenvalue weighted by Gasteiger charge is 2.43. The Labute approximate surface area is 522 Å². The van der Waals surface area contributed by atoms with Gasteiger partial charge < -0.3 is 45.1 Å². The molecule has 90 heavy (non-hydrogen) atoms. The summed E-state index contributed by atoms with van der Waals surface area (Å²) in [6.45, 7) is 6.69. The van der Waals surface area contributed by atoms with E-state index in [2.05, 4.69) is 26.2 Å². The molecule has 5 N–H and O–H groups in total. The summed E-state index contributed by atoms with van der Waals surface area (Å²) in [5, 5.41) is 30.5. The number of carbonyl (C=O) groups excluding carboxylic acids is 9. The lowest BCUT2D eigenvalue weighted by molar-refractivity contribution is -0.140. The van der Waals surface area contributed by atoms with Gasteiger partial charge in [-0.05, 0) is 74.1 Å². The third-order valence-electron chi connectivity index (χ3n) is 15.9. The lowest BCUT2D eigenvalue weighted by Crippen LogP contribution is -2.54. The van der Waals surface area contributed by atoms with Crippen LogP contribution < -0.4 is 26.0 Å². The van der Waals surface area contributed by atoms with Crippen LogP contribution in [0.25, 0.3) is 10.8 Å². The van der Waals surface area contributed by atoms with Crippen LogP contribution in [-0.2, 0) is 59.0 Å². The molecular weight excluding hydrogens is 1170 g/mol. The number of piperazine rings is 1. The Bertz CT molecular complexity index is 2970. The van der Waals surface area contributed by atoms with Gasteiger partial charge in [-0.1, -0.05) is 48.0 Å². The number of fused-ring (bicyclic) bond motifs is 1. The summed E-state index contributed by atoms with van der Waals surface area (Å²) in [5.74, 6) is -5.27. The average molecular weight is 1260 g/mol. The monoisotopic (exact) mass is 1260 g/mol. The third-order valence-corrected chi connectivity index (χ3v) is 15.9. The molecule has 28 heteroatoms. The molecule has 7 amide bonds. The second-order valence-corrected chi connectivity index (χ2v) is 23.1. The molecule has 0 aliphatic carbocycles. The lowest BCUT2D eigenvalue weighted by Gasteiger charge is -2.34. The number of benzene rings is 3. The first kappa shape index (κ1) is 70.9. The number of nitriles is 1. The van der Waals surface area contributed by atoms with Crippen molar-refractivity contribution in [3.05, 3.63) is 77.4 Å². The molecule has 0 saturated carbocycles. The number of carbonyl (C=O) groups is 10. The predicted octanol–water partition coefficient (Wildman–Crippen LogP) is 0.986. The van der Waals surface area contributed by atoms with E-state index in [1.807, 2.05) is 49.4 Å². The van der Waals surface area contributed by atoms with Crippen molar-refractivity contribution in [3.63, 3.8) is 0 Å². The Balaban J connectivity index is 0.995. The van der Waals surface area contributed by atoms with Crippen LogP contribution in [0.15, 0.2) is 60.7 Å². The second kappa shape index (κ2) is 36.4. The molecule has 3 aliphatic heterocycles. The molecule has 3 aromatic carbocycles. The number of hydrogen-bond acceptors (Lipinski definition) is 19. The van der Waals surface area contributed by atoms with E-state index in [9.17, 15) is 62.7 Å². The number of nitrogens with one attached hydrogen (secondary N) is 4. The van der Waals surface area contributed by atoms with E-state index in [-0.39, 0.29) is 117 Å². The number of imide groups is 1. The molecule has 0 bridgehead atoms. The number of carboxylic acids is 1.